The Bertz CT molecular complexity index is 1720. The predicted octanol–water partition coefficient (Wildman–Crippen LogP) is 18.2. The molecule has 2 unspecified atom stereocenters. The molecule has 1 N–H and O–H groups in total. The van der Waals surface area contributed by atoms with Crippen molar-refractivity contribution in [2.75, 3.05) is 47.5 Å². The van der Waals surface area contributed by atoms with Crippen LogP contribution in [0.5, 0.6) is 0 Å². The van der Waals surface area contributed by atoms with Gasteiger partial charge in [0.2, 0.25) is 0 Å². The highest BCUT2D eigenvalue weighted by molar-refractivity contribution is 5.71. The minimum atomic E-state index is -1.53. The first kappa shape index (κ1) is 72.4. The molecule has 0 amide bonds. The molecule has 0 rings (SSSR count). The van der Waals surface area contributed by atoms with Crippen LogP contribution in [0.1, 0.15) is 219 Å². The molecule has 436 valence electrons. The SMILES string of the molecule is CC/C=C\C/C=C\C/C=C\C/C=C\C/C=C\C/C=C\C/C=C\C/C=C\CCCCCCC(=O)OC(COC(=O)CCCCCCCCCC/C=C\C/C=C\C/C=C\CCCCCCC)COC(OCC[N+](C)(C)C)C(=O)O. The lowest BCUT2D eigenvalue weighted by Gasteiger charge is -2.25. The monoisotopic (exact) mass is 1070 g/mol. The molecular weight excluding hydrogens is 959 g/mol. The summed E-state index contributed by atoms with van der Waals surface area (Å²) in [5.41, 5.74) is 0. The number of allylic oxidation sites excluding steroid dienone is 22. The van der Waals surface area contributed by atoms with Crippen molar-refractivity contribution in [1.29, 1.82) is 0 Å². The zero-order chi connectivity index (χ0) is 56.2. The first-order valence-electron chi connectivity index (χ1n) is 30.3. The van der Waals surface area contributed by atoms with E-state index in [9.17, 15) is 19.5 Å². The Morgan fingerprint density at radius 3 is 1.10 bits per heavy atom. The molecule has 0 aliphatic heterocycles. The number of rotatable bonds is 54. The van der Waals surface area contributed by atoms with Crippen LogP contribution in [-0.2, 0) is 33.3 Å². The molecule has 0 bridgehead atoms. The summed E-state index contributed by atoms with van der Waals surface area (Å²) in [5.74, 6) is -2.06. The van der Waals surface area contributed by atoms with Crippen molar-refractivity contribution in [3.8, 4) is 0 Å². The number of carbonyl (C=O) groups is 3. The van der Waals surface area contributed by atoms with Crippen LogP contribution in [-0.4, -0.2) is 87.4 Å². The zero-order valence-electron chi connectivity index (χ0n) is 49.6. The van der Waals surface area contributed by atoms with Gasteiger partial charge in [-0.3, -0.25) is 9.59 Å². The molecule has 0 aromatic heterocycles. The number of esters is 2. The number of quaternary nitrogens is 1. The maximum Gasteiger partial charge on any atom is 0.361 e. The normalized spacial score (nSPS) is 13.7. The van der Waals surface area contributed by atoms with Gasteiger partial charge in [0.1, 0.15) is 13.2 Å². The van der Waals surface area contributed by atoms with Gasteiger partial charge in [0.25, 0.3) is 6.29 Å². The molecule has 0 heterocycles. The third-order valence-corrected chi connectivity index (χ3v) is 12.4. The molecule has 0 radical (unpaired) electrons. The van der Waals surface area contributed by atoms with Gasteiger partial charge in [-0.15, -0.1) is 0 Å². The number of nitrogens with zero attached hydrogens (tertiary/aromatic N) is 1. The molecule has 0 saturated carbocycles. The summed E-state index contributed by atoms with van der Waals surface area (Å²) in [4.78, 5) is 37.5. The molecule has 0 aliphatic carbocycles. The Morgan fingerprint density at radius 2 is 0.740 bits per heavy atom. The maximum absolute atomic E-state index is 12.9. The summed E-state index contributed by atoms with van der Waals surface area (Å²) in [7, 11) is 5.95. The standard InChI is InChI=1S/C68H111NO8/c1-6-8-10-12-14-16-18-20-22-24-26-28-30-31-32-33-34-35-37-39-41-43-45-47-49-51-53-55-57-59-66(71)77-64(63-76-68(67(72)73)74-61-60-69(3,4)5)62-75-65(70)58-56-54-52-50-48-46-44-42-40-38-36-29-27-25-23-21-19-17-15-13-11-9-7-2/h8,10,14,16,19-22,25-28,31-32,34-36,38-39,41,45,47,64,68H,6-7,9,11-13,15,17-18,23-24,29-30,33,37,40,42-44,46,48-63H2,1-5H3/p+1/b10-8-,16-14-,21-19-,22-20-,27-25-,28-26-,32-31-,35-34-,38-36-,41-39-,47-45-. The Balaban J connectivity index is 4.36. The van der Waals surface area contributed by atoms with Crippen molar-refractivity contribution in [3.05, 3.63) is 134 Å². The van der Waals surface area contributed by atoms with E-state index in [0.717, 1.165) is 122 Å². The maximum atomic E-state index is 12.9. The van der Waals surface area contributed by atoms with Gasteiger partial charge in [-0.2, -0.15) is 0 Å². The highest BCUT2D eigenvalue weighted by Gasteiger charge is 2.25. The Labute approximate surface area is 471 Å². The van der Waals surface area contributed by atoms with E-state index < -0.39 is 24.3 Å². The van der Waals surface area contributed by atoms with E-state index in [2.05, 4.69) is 148 Å². The van der Waals surface area contributed by atoms with Gasteiger partial charge in [-0.05, 0) is 116 Å². The summed E-state index contributed by atoms with van der Waals surface area (Å²) in [6.45, 7) is 4.70. The van der Waals surface area contributed by atoms with Gasteiger partial charge in [0, 0.05) is 12.8 Å². The highest BCUT2D eigenvalue weighted by atomic mass is 16.7. The number of ether oxygens (including phenoxy) is 4. The van der Waals surface area contributed by atoms with Gasteiger partial charge in [-0.1, -0.05) is 225 Å². The summed E-state index contributed by atoms with van der Waals surface area (Å²) >= 11 is 0. The van der Waals surface area contributed by atoms with E-state index in [1.807, 2.05) is 21.1 Å². The molecule has 0 spiro atoms. The number of carboxylic acid groups (broad SMARTS) is 1. The molecule has 9 heteroatoms. The number of hydrogen-bond donors (Lipinski definition) is 1. The lowest BCUT2D eigenvalue weighted by molar-refractivity contribution is -0.870. The van der Waals surface area contributed by atoms with Crippen molar-refractivity contribution >= 4 is 17.9 Å². The second-order valence-corrected chi connectivity index (χ2v) is 20.9. The average Bonchev–Trinajstić information content (AvgIpc) is 3.40. The molecule has 0 aliphatic rings. The summed E-state index contributed by atoms with van der Waals surface area (Å²) in [5, 5.41) is 9.71. The first-order chi connectivity index (χ1) is 37.6. The van der Waals surface area contributed by atoms with Gasteiger partial charge < -0.3 is 28.5 Å². The predicted molar refractivity (Wildman–Crippen MR) is 327 cm³/mol. The van der Waals surface area contributed by atoms with Gasteiger partial charge in [-0.25, -0.2) is 4.79 Å². The fraction of sp³-hybridized carbons (Fsp3) is 0.632. The molecule has 9 nitrogen and oxygen atoms in total. The van der Waals surface area contributed by atoms with E-state index in [1.54, 1.807) is 0 Å². The van der Waals surface area contributed by atoms with Crippen LogP contribution in [0.25, 0.3) is 0 Å². The molecule has 2 atom stereocenters. The lowest BCUT2D eigenvalue weighted by atomic mass is 10.1. The Morgan fingerprint density at radius 1 is 0.403 bits per heavy atom. The second-order valence-electron chi connectivity index (χ2n) is 20.9. The lowest BCUT2D eigenvalue weighted by Crippen LogP contribution is -2.40. The minimum Gasteiger partial charge on any atom is -0.477 e. The van der Waals surface area contributed by atoms with Crippen LogP contribution < -0.4 is 0 Å². The molecular formula is C68H112NO8+. The third kappa shape index (κ3) is 58.9. The molecule has 0 aromatic rings. The van der Waals surface area contributed by atoms with E-state index in [1.165, 1.54) is 64.2 Å². The fourth-order valence-corrected chi connectivity index (χ4v) is 7.74. The molecule has 0 fully saturated rings. The van der Waals surface area contributed by atoms with E-state index >= 15 is 0 Å². The van der Waals surface area contributed by atoms with Crippen molar-refractivity contribution < 1.29 is 42.9 Å². The van der Waals surface area contributed by atoms with Crippen LogP contribution in [0.15, 0.2) is 134 Å². The fourth-order valence-electron chi connectivity index (χ4n) is 7.74. The van der Waals surface area contributed by atoms with Crippen LogP contribution in [0.2, 0.25) is 0 Å². The van der Waals surface area contributed by atoms with Crippen LogP contribution in [0.4, 0.5) is 0 Å². The first-order valence-corrected chi connectivity index (χ1v) is 30.3. The van der Waals surface area contributed by atoms with Crippen molar-refractivity contribution in [2.24, 2.45) is 0 Å². The number of hydrogen-bond acceptors (Lipinski definition) is 7. The Hall–Kier alpha value is -4.57. The molecule has 0 aromatic carbocycles. The number of aliphatic carboxylic acids is 1. The van der Waals surface area contributed by atoms with E-state index in [0.29, 0.717) is 17.4 Å². The van der Waals surface area contributed by atoms with Gasteiger partial charge >= 0.3 is 17.9 Å². The number of unbranched alkanes of at least 4 members (excludes halogenated alkanes) is 17. The summed E-state index contributed by atoms with van der Waals surface area (Å²) in [6.07, 6.45) is 79.5. The smallest absolute Gasteiger partial charge is 0.361 e. The number of carbonyl (C=O) groups excluding carboxylic acids is 2. The Kier molecular flexibility index (Phi) is 54.2. The van der Waals surface area contributed by atoms with Crippen LogP contribution in [0.3, 0.4) is 0 Å². The number of carboxylic acids is 1. The minimum absolute atomic E-state index is 0.173. The molecule has 0 saturated heterocycles. The van der Waals surface area contributed by atoms with Crippen molar-refractivity contribution in [1.82, 2.24) is 0 Å². The molecule has 77 heavy (non-hydrogen) atoms. The highest BCUT2D eigenvalue weighted by Crippen LogP contribution is 2.14. The largest absolute Gasteiger partial charge is 0.477 e. The number of likely N-dealkylation sites (N-methyl/N-ethyl adjacent to an activating group) is 1. The zero-order valence-corrected chi connectivity index (χ0v) is 49.6. The summed E-state index contributed by atoms with van der Waals surface area (Å²) < 4.78 is 22.9. The van der Waals surface area contributed by atoms with Crippen molar-refractivity contribution in [2.45, 2.75) is 232 Å². The summed E-state index contributed by atoms with van der Waals surface area (Å²) in [6, 6.07) is 0. The van der Waals surface area contributed by atoms with E-state index in [-0.39, 0.29) is 38.6 Å². The van der Waals surface area contributed by atoms with Crippen LogP contribution >= 0.6 is 0 Å². The van der Waals surface area contributed by atoms with Gasteiger partial charge in [0.05, 0.1) is 34.4 Å². The van der Waals surface area contributed by atoms with Crippen LogP contribution in [0, 0.1) is 0 Å². The quantitative estimate of drug-likeness (QED) is 0.0211. The van der Waals surface area contributed by atoms with E-state index in [4.69, 9.17) is 18.9 Å². The van der Waals surface area contributed by atoms with Crippen molar-refractivity contribution in [3.63, 3.8) is 0 Å². The topological polar surface area (TPSA) is 108 Å². The second kappa shape index (κ2) is 57.6. The third-order valence-electron chi connectivity index (χ3n) is 12.4. The van der Waals surface area contributed by atoms with Gasteiger partial charge in [0.15, 0.2) is 6.10 Å². The average molecular weight is 1070 g/mol.